The lowest BCUT2D eigenvalue weighted by Gasteiger charge is -2.15. The number of carbonyl (C=O) groups is 1. The minimum atomic E-state index is -0.0978. The molecule has 0 saturated carbocycles. The first kappa shape index (κ1) is 23.4. The number of rotatable bonds is 6. The molecule has 0 bridgehead atoms. The van der Waals surface area contributed by atoms with Gasteiger partial charge in [0.05, 0.1) is 16.3 Å². The number of nitrogens with zero attached hydrogens (tertiary/aromatic N) is 2. The summed E-state index contributed by atoms with van der Waals surface area (Å²) in [6, 6.07) is 30.3. The van der Waals surface area contributed by atoms with Gasteiger partial charge < -0.3 is 4.57 Å². The molecule has 1 saturated heterocycles. The molecule has 0 radical (unpaired) electrons. The second-order valence-corrected chi connectivity index (χ2v) is 10.1. The lowest BCUT2D eigenvalue weighted by molar-refractivity contribution is -0.121. The molecule has 172 valence electrons. The summed E-state index contributed by atoms with van der Waals surface area (Å²) in [6.45, 7) is 4.15. The molecule has 1 amide bonds. The summed E-state index contributed by atoms with van der Waals surface area (Å²) in [5, 5.41) is 0.676. The Balaban J connectivity index is 1.78. The predicted molar refractivity (Wildman–Crippen MR) is 152 cm³/mol. The van der Waals surface area contributed by atoms with Crippen LogP contribution < -0.4 is 0 Å². The fraction of sp³-hybridized carbons (Fsp3) is 0.0345. The molecule has 1 aromatic heterocycles. The van der Waals surface area contributed by atoms with Crippen molar-refractivity contribution in [2.75, 3.05) is 6.54 Å². The Morgan fingerprint density at radius 3 is 2.17 bits per heavy atom. The van der Waals surface area contributed by atoms with Crippen LogP contribution in [0.3, 0.4) is 0 Å². The Morgan fingerprint density at radius 1 is 0.914 bits per heavy atom. The highest BCUT2D eigenvalue weighted by Crippen LogP contribution is 2.40. The Kier molecular flexibility index (Phi) is 6.73. The predicted octanol–water partition coefficient (Wildman–Crippen LogP) is 7.85. The van der Waals surface area contributed by atoms with Gasteiger partial charge in [-0.3, -0.25) is 9.69 Å². The van der Waals surface area contributed by atoms with Crippen molar-refractivity contribution in [1.82, 2.24) is 9.47 Å². The van der Waals surface area contributed by atoms with Crippen LogP contribution in [-0.2, 0) is 4.79 Å². The maximum Gasteiger partial charge on any atom is 0.266 e. The average Bonchev–Trinajstić information content (AvgIpc) is 3.38. The largest absolute Gasteiger partial charge is 0.309 e. The lowest BCUT2D eigenvalue weighted by atomic mass is 10.1. The summed E-state index contributed by atoms with van der Waals surface area (Å²) in [6.07, 6.45) is 3.64. The number of thiocarbonyl (C=S) groups is 1. The third-order valence-corrected chi connectivity index (χ3v) is 7.33. The highest BCUT2D eigenvalue weighted by Gasteiger charge is 2.31. The summed E-state index contributed by atoms with van der Waals surface area (Å²) in [7, 11) is 0. The first-order chi connectivity index (χ1) is 17.1. The zero-order chi connectivity index (χ0) is 24.4. The SMILES string of the molecule is C=CCN1C(=O)/C(=C\c2cc(-c3ccccc3)n(-c3ccc(Cl)cc3)c2-c2ccccc2)SC1=S. The van der Waals surface area contributed by atoms with Gasteiger partial charge in [-0.05, 0) is 47.5 Å². The van der Waals surface area contributed by atoms with E-state index in [4.69, 9.17) is 23.8 Å². The van der Waals surface area contributed by atoms with Gasteiger partial charge in [-0.15, -0.1) is 6.58 Å². The summed E-state index contributed by atoms with van der Waals surface area (Å²) in [5.41, 5.74) is 6.02. The molecule has 1 aliphatic rings. The smallest absolute Gasteiger partial charge is 0.266 e. The van der Waals surface area contributed by atoms with E-state index in [1.165, 1.54) is 11.8 Å². The summed E-state index contributed by atoms with van der Waals surface area (Å²) in [5.74, 6) is -0.0978. The third kappa shape index (κ3) is 4.63. The van der Waals surface area contributed by atoms with Crippen LogP contribution in [0.4, 0.5) is 0 Å². The Bertz CT molecular complexity index is 1440. The van der Waals surface area contributed by atoms with Gasteiger partial charge in [-0.25, -0.2) is 0 Å². The molecule has 3 aromatic carbocycles. The maximum atomic E-state index is 13.1. The van der Waals surface area contributed by atoms with E-state index in [2.05, 4.69) is 41.5 Å². The van der Waals surface area contributed by atoms with Crippen molar-refractivity contribution in [1.29, 1.82) is 0 Å². The lowest BCUT2D eigenvalue weighted by Crippen LogP contribution is -2.27. The average molecular weight is 513 g/mol. The minimum Gasteiger partial charge on any atom is -0.309 e. The highest BCUT2D eigenvalue weighted by molar-refractivity contribution is 8.26. The summed E-state index contributed by atoms with van der Waals surface area (Å²) < 4.78 is 2.76. The van der Waals surface area contributed by atoms with Gasteiger partial charge >= 0.3 is 0 Å². The number of carbonyl (C=O) groups excluding carboxylic acids is 1. The molecule has 3 nitrogen and oxygen atoms in total. The van der Waals surface area contributed by atoms with E-state index in [9.17, 15) is 4.79 Å². The van der Waals surface area contributed by atoms with E-state index in [0.29, 0.717) is 20.8 Å². The van der Waals surface area contributed by atoms with Crippen molar-refractivity contribution >= 4 is 51.9 Å². The molecule has 5 rings (SSSR count). The number of hydrogen-bond acceptors (Lipinski definition) is 3. The van der Waals surface area contributed by atoms with Crippen LogP contribution in [0.25, 0.3) is 34.3 Å². The van der Waals surface area contributed by atoms with E-state index in [1.807, 2.05) is 66.7 Å². The van der Waals surface area contributed by atoms with Gasteiger partial charge in [-0.2, -0.15) is 0 Å². The fourth-order valence-electron chi connectivity index (χ4n) is 4.14. The molecule has 1 aliphatic heterocycles. The van der Waals surface area contributed by atoms with Gasteiger partial charge in [0.1, 0.15) is 4.32 Å². The van der Waals surface area contributed by atoms with Crippen LogP contribution in [0.1, 0.15) is 5.56 Å². The van der Waals surface area contributed by atoms with Crippen molar-refractivity contribution in [2.24, 2.45) is 0 Å². The molecule has 2 heterocycles. The third-order valence-electron chi connectivity index (χ3n) is 5.70. The van der Waals surface area contributed by atoms with Crippen molar-refractivity contribution in [3.8, 4) is 28.2 Å². The Morgan fingerprint density at radius 2 is 1.54 bits per heavy atom. The molecule has 4 aromatic rings. The maximum absolute atomic E-state index is 13.1. The normalized spacial score (nSPS) is 14.7. The molecular formula is C29H21ClN2OS2. The number of hydrogen-bond donors (Lipinski definition) is 0. The highest BCUT2D eigenvalue weighted by atomic mass is 35.5. The summed E-state index contributed by atoms with van der Waals surface area (Å²) >= 11 is 13.0. The van der Waals surface area contributed by atoms with E-state index in [0.717, 1.165) is 33.8 Å². The van der Waals surface area contributed by atoms with E-state index >= 15 is 0 Å². The van der Waals surface area contributed by atoms with Crippen molar-refractivity contribution in [2.45, 2.75) is 0 Å². The summed E-state index contributed by atoms with van der Waals surface area (Å²) in [4.78, 5) is 15.3. The Labute approximate surface area is 219 Å². The van der Waals surface area contributed by atoms with Crippen LogP contribution in [-0.4, -0.2) is 26.2 Å². The minimum absolute atomic E-state index is 0.0978. The number of aromatic nitrogens is 1. The van der Waals surface area contributed by atoms with Gasteiger partial charge in [0.15, 0.2) is 0 Å². The van der Waals surface area contributed by atoms with E-state index in [1.54, 1.807) is 11.0 Å². The van der Waals surface area contributed by atoms with Gasteiger partial charge in [0, 0.05) is 22.8 Å². The molecular weight excluding hydrogens is 492 g/mol. The van der Waals surface area contributed by atoms with Crippen LogP contribution in [0, 0.1) is 0 Å². The van der Waals surface area contributed by atoms with Gasteiger partial charge in [0.2, 0.25) is 0 Å². The topological polar surface area (TPSA) is 25.2 Å². The number of thioether (sulfide) groups is 1. The fourth-order valence-corrected chi connectivity index (χ4v) is 5.53. The van der Waals surface area contributed by atoms with E-state index in [-0.39, 0.29) is 5.91 Å². The van der Waals surface area contributed by atoms with Crippen molar-refractivity contribution in [3.05, 3.63) is 119 Å². The second-order valence-electron chi connectivity index (χ2n) is 7.96. The number of halogens is 1. The second kappa shape index (κ2) is 10.1. The quantitative estimate of drug-likeness (QED) is 0.149. The molecule has 0 unspecified atom stereocenters. The number of amides is 1. The standard InChI is InChI=1S/C29H21ClN2OS2/c1-2-17-31-28(33)26(35-29(31)34)19-22-18-25(20-9-5-3-6-10-20)32(24-15-13-23(30)14-16-24)27(22)21-11-7-4-8-12-21/h2-16,18-19H,1,17H2/b26-19+. The molecule has 0 N–H and O–H groups in total. The zero-order valence-corrected chi connectivity index (χ0v) is 21.1. The molecule has 0 spiro atoms. The van der Waals surface area contributed by atoms with Crippen molar-refractivity contribution < 1.29 is 4.79 Å². The van der Waals surface area contributed by atoms with E-state index < -0.39 is 0 Å². The van der Waals surface area contributed by atoms with Crippen LogP contribution >= 0.6 is 35.6 Å². The first-order valence-corrected chi connectivity index (χ1v) is 12.7. The monoisotopic (exact) mass is 512 g/mol. The Hall–Kier alpha value is -3.38. The zero-order valence-electron chi connectivity index (χ0n) is 18.7. The van der Waals surface area contributed by atoms with Gasteiger partial charge in [-0.1, -0.05) is 102 Å². The van der Waals surface area contributed by atoms with Crippen LogP contribution in [0.2, 0.25) is 5.02 Å². The van der Waals surface area contributed by atoms with Crippen molar-refractivity contribution in [3.63, 3.8) is 0 Å². The molecule has 6 heteroatoms. The first-order valence-electron chi connectivity index (χ1n) is 11.1. The van der Waals surface area contributed by atoms with Gasteiger partial charge in [0.25, 0.3) is 5.91 Å². The molecule has 35 heavy (non-hydrogen) atoms. The van der Waals surface area contributed by atoms with Crippen LogP contribution in [0.5, 0.6) is 0 Å². The molecule has 1 fully saturated rings. The molecule has 0 aliphatic carbocycles. The number of benzene rings is 3. The van der Waals surface area contributed by atoms with Crippen LogP contribution in [0.15, 0.2) is 109 Å². The molecule has 0 atom stereocenters.